The van der Waals surface area contributed by atoms with Gasteiger partial charge in [-0.15, -0.1) is 0 Å². The van der Waals surface area contributed by atoms with Crippen molar-refractivity contribution in [2.75, 3.05) is 6.61 Å². The Balaban J connectivity index is 2.14. The third-order valence-corrected chi connectivity index (χ3v) is 4.54. The van der Waals surface area contributed by atoms with E-state index in [0.717, 1.165) is 11.6 Å². The number of carboxylic acids is 1. The zero-order chi connectivity index (χ0) is 18.6. The highest BCUT2D eigenvalue weighted by Gasteiger charge is 2.15. The Labute approximate surface area is 145 Å². The van der Waals surface area contributed by atoms with Crippen LogP contribution in [0.25, 0.3) is 0 Å². The topological polar surface area (TPSA) is 121 Å². The molecule has 7 nitrogen and oxygen atoms in total. The molecule has 8 heteroatoms. The number of aliphatic carboxylic acids is 1. The number of rotatable bonds is 7. The minimum atomic E-state index is -4.34. The molecule has 134 valence electrons. The first-order valence-corrected chi connectivity index (χ1v) is 8.85. The first-order chi connectivity index (χ1) is 11.7. The monoisotopic (exact) mass is 366 g/mol. The van der Waals surface area contributed by atoms with Crippen LogP contribution >= 0.6 is 0 Å². The van der Waals surface area contributed by atoms with Gasteiger partial charge in [0.1, 0.15) is 11.5 Å². The first-order valence-electron chi connectivity index (χ1n) is 7.40. The summed E-state index contributed by atoms with van der Waals surface area (Å²) in [4.78, 5) is 10.2. The van der Waals surface area contributed by atoms with E-state index < -0.39 is 22.7 Å². The summed E-state index contributed by atoms with van der Waals surface area (Å²) in [6.45, 7) is 1.47. The van der Waals surface area contributed by atoms with Gasteiger partial charge < -0.3 is 14.9 Å². The molecule has 2 rings (SSSR count). The lowest BCUT2D eigenvalue weighted by Crippen LogP contribution is -2.09. The minimum Gasteiger partial charge on any atom is -0.508 e. The van der Waals surface area contributed by atoms with Crippen LogP contribution in [-0.4, -0.2) is 35.8 Å². The number of benzene rings is 2. The van der Waals surface area contributed by atoms with Gasteiger partial charge in [-0.05, 0) is 53.8 Å². The molecule has 0 aliphatic rings. The predicted octanol–water partition coefficient (Wildman–Crippen LogP) is 2.45. The quantitative estimate of drug-likeness (QED) is 0.644. The second-order valence-electron chi connectivity index (χ2n) is 5.62. The lowest BCUT2D eigenvalue weighted by Gasteiger charge is -2.14. The number of carboxylic acid groups (broad SMARTS) is 1. The van der Waals surface area contributed by atoms with Gasteiger partial charge in [-0.3, -0.25) is 4.55 Å². The smallest absolute Gasteiger partial charge is 0.341 e. The second-order valence-corrected chi connectivity index (χ2v) is 7.04. The standard InChI is InChI=1S/C17H18O7S/c1-11(12-2-4-14(5-3-12)24-10-17(19)20)8-13-9-15(25(21,22)23)6-7-16(13)18/h2-7,9,11,18H,8,10H2,1H3,(H,19,20)(H,21,22,23). The largest absolute Gasteiger partial charge is 0.508 e. The van der Waals surface area contributed by atoms with Crippen LogP contribution in [0.4, 0.5) is 0 Å². The zero-order valence-corrected chi connectivity index (χ0v) is 14.2. The fraction of sp³-hybridized carbons (Fsp3) is 0.235. The summed E-state index contributed by atoms with van der Waals surface area (Å²) >= 11 is 0. The van der Waals surface area contributed by atoms with Gasteiger partial charge in [-0.1, -0.05) is 19.1 Å². The molecule has 0 amide bonds. The van der Waals surface area contributed by atoms with E-state index in [1.807, 2.05) is 6.92 Å². The molecule has 0 aliphatic carbocycles. The molecule has 0 radical (unpaired) electrons. The minimum absolute atomic E-state index is 0.0549. The van der Waals surface area contributed by atoms with E-state index in [-0.39, 0.29) is 16.6 Å². The van der Waals surface area contributed by atoms with E-state index in [9.17, 15) is 18.3 Å². The molecule has 2 aromatic carbocycles. The maximum atomic E-state index is 11.2. The van der Waals surface area contributed by atoms with Crippen molar-refractivity contribution in [3.8, 4) is 11.5 Å². The molecule has 25 heavy (non-hydrogen) atoms. The van der Waals surface area contributed by atoms with E-state index in [4.69, 9.17) is 14.4 Å². The second kappa shape index (κ2) is 7.54. The van der Waals surface area contributed by atoms with Gasteiger partial charge in [-0.25, -0.2) is 4.79 Å². The zero-order valence-electron chi connectivity index (χ0n) is 13.4. The highest BCUT2D eigenvalue weighted by Crippen LogP contribution is 2.28. The molecule has 0 aliphatic heterocycles. The Hall–Kier alpha value is -2.58. The summed E-state index contributed by atoms with van der Waals surface area (Å²) in [6, 6.07) is 10.4. The maximum absolute atomic E-state index is 11.2. The molecule has 0 aromatic heterocycles. The summed E-state index contributed by atoms with van der Waals surface area (Å²) in [5, 5.41) is 18.5. The third kappa shape index (κ3) is 5.20. The van der Waals surface area contributed by atoms with Gasteiger partial charge in [0, 0.05) is 0 Å². The molecular formula is C17H18O7S. The van der Waals surface area contributed by atoms with Crippen molar-refractivity contribution in [3.05, 3.63) is 53.6 Å². The van der Waals surface area contributed by atoms with Crippen LogP contribution in [0.15, 0.2) is 47.4 Å². The van der Waals surface area contributed by atoms with Gasteiger partial charge in [0.05, 0.1) is 4.90 Å². The van der Waals surface area contributed by atoms with E-state index in [1.54, 1.807) is 24.3 Å². The average molecular weight is 366 g/mol. The third-order valence-electron chi connectivity index (χ3n) is 3.69. The summed E-state index contributed by atoms with van der Waals surface area (Å²) < 4.78 is 36.6. The van der Waals surface area contributed by atoms with E-state index >= 15 is 0 Å². The van der Waals surface area contributed by atoms with Crippen LogP contribution in [0.3, 0.4) is 0 Å². The highest BCUT2D eigenvalue weighted by molar-refractivity contribution is 7.85. The number of ether oxygens (including phenoxy) is 1. The van der Waals surface area contributed by atoms with Gasteiger partial charge in [0.15, 0.2) is 6.61 Å². The Morgan fingerprint density at radius 1 is 1.16 bits per heavy atom. The maximum Gasteiger partial charge on any atom is 0.341 e. The number of carbonyl (C=O) groups is 1. The van der Waals surface area contributed by atoms with Crippen molar-refractivity contribution >= 4 is 16.1 Å². The summed E-state index contributed by atoms with van der Waals surface area (Å²) in [6.07, 6.45) is 0.352. The van der Waals surface area contributed by atoms with E-state index in [2.05, 4.69) is 0 Å². The van der Waals surface area contributed by atoms with Crippen LogP contribution in [-0.2, 0) is 21.3 Å². The van der Waals surface area contributed by atoms with Gasteiger partial charge in [0.25, 0.3) is 10.1 Å². The molecule has 2 aromatic rings. The Morgan fingerprint density at radius 3 is 2.36 bits per heavy atom. The van der Waals surface area contributed by atoms with Crippen molar-refractivity contribution < 1.29 is 32.7 Å². The van der Waals surface area contributed by atoms with Crippen molar-refractivity contribution in [1.29, 1.82) is 0 Å². The van der Waals surface area contributed by atoms with Crippen LogP contribution in [0.1, 0.15) is 24.0 Å². The van der Waals surface area contributed by atoms with E-state index in [0.29, 0.717) is 17.7 Å². The van der Waals surface area contributed by atoms with E-state index in [1.165, 1.54) is 12.1 Å². The molecule has 0 saturated heterocycles. The first kappa shape index (κ1) is 18.8. The predicted molar refractivity (Wildman–Crippen MR) is 89.6 cm³/mol. The van der Waals surface area contributed by atoms with Gasteiger partial charge in [0.2, 0.25) is 0 Å². The SMILES string of the molecule is CC(Cc1cc(S(=O)(=O)O)ccc1O)c1ccc(OCC(=O)O)cc1. The molecule has 0 bridgehead atoms. The Bertz CT molecular complexity index is 857. The van der Waals surface area contributed by atoms with Gasteiger partial charge in [-0.2, -0.15) is 8.42 Å². The van der Waals surface area contributed by atoms with Crippen molar-refractivity contribution in [2.45, 2.75) is 24.2 Å². The Morgan fingerprint density at radius 2 is 1.80 bits per heavy atom. The number of aromatic hydroxyl groups is 1. The molecular weight excluding hydrogens is 348 g/mol. The van der Waals surface area contributed by atoms with Crippen LogP contribution in [0.2, 0.25) is 0 Å². The fourth-order valence-corrected chi connectivity index (χ4v) is 2.90. The highest BCUT2D eigenvalue weighted by atomic mass is 32.2. The molecule has 1 unspecified atom stereocenters. The number of hydrogen-bond acceptors (Lipinski definition) is 5. The van der Waals surface area contributed by atoms with Crippen molar-refractivity contribution in [3.63, 3.8) is 0 Å². The van der Waals surface area contributed by atoms with Crippen LogP contribution < -0.4 is 4.74 Å². The Kier molecular flexibility index (Phi) is 5.66. The lowest BCUT2D eigenvalue weighted by atomic mass is 9.93. The molecule has 0 heterocycles. The molecule has 1 atom stereocenters. The normalized spacial score (nSPS) is 12.6. The lowest BCUT2D eigenvalue weighted by molar-refractivity contribution is -0.139. The molecule has 0 spiro atoms. The number of phenols is 1. The molecule has 0 fully saturated rings. The molecule has 3 N–H and O–H groups in total. The van der Waals surface area contributed by atoms with Crippen LogP contribution in [0, 0.1) is 0 Å². The van der Waals surface area contributed by atoms with Gasteiger partial charge >= 0.3 is 5.97 Å². The number of phenolic OH excluding ortho intramolecular Hbond substituents is 1. The van der Waals surface area contributed by atoms with Crippen molar-refractivity contribution in [1.82, 2.24) is 0 Å². The summed E-state index contributed by atoms with van der Waals surface area (Å²) in [5.74, 6) is -0.752. The fourth-order valence-electron chi connectivity index (χ4n) is 2.37. The molecule has 0 saturated carbocycles. The summed E-state index contributed by atoms with van der Waals surface area (Å²) in [5.41, 5.74) is 1.30. The van der Waals surface area contributed by atoms with Crippen LogP contribution in [0.5, 0.6) is 11.5 Å². The number of hydrogen-bond donors (Lipinski definition) is 3. The average Bonchev–Trinajstić information content (AvgIpc) is 2.54. The van der Waals surface area contributed by atoms with Crippen molar-refractivity contribution in [2.24, 2.45) is 0 Å². The summed E-state index contributed by atoms with van der Waals surface area (Å²) in [7, 11) is -4.34.